The van der Waals surface area contributed by atoms with E-state index < -0.39 is 17.0 Å². The lowest BCUT2D eigenvalue weighted by atomic mass is 10.2. The van der Waals surface area contributed by atoms with Crippen LogP contribution >= 0.6 is 11.3 Å². The van der Waals surface area contributed by atoms with E-state index in [0.717, 1.165) is 17.5 Å². The maximum Gasteiger partial charge on any atom is 0.349 e. The van der Waals surface area contributed by atoms with Crippen molar-refractivity contribution in [3.05, 3.63) is 39.3 Å². The third-order valence-electron chi connectivity index (χ3n) is 3.96. The molecule has 3 rings (SSSR count). The number of hydrogen-bond acceptors (Lipinski definition) is 6. The third kappa shape index (κ3) is 3.23. The average Bonchev–Trinajstić information content (AvgIpc) is 3.22. The smallest absolute Gasteiger partial charge is 0.349 e. The van der Waals surface area contributed by atoms with Crippen molar-refractivity contribution in [1.82, 2.24) is 4.90 Å². The Bertz CT molecular complexity index is 810. The van der Waals surface area contributed by atoms with E-state index in [4.69, 9.17) is 4.74 Å². The molecule has 0 N–H and O–H groups in total. The van der Waals surface area contributed by atoms with E-state index in [1.165, 1.54) is 23.5 Å². The van der Waals surface area contributed by atoms with Crippen LogP contribution in [0.1, 0.15) is 29.4 Å². The van der Waals surface area contributed by atoms with Crippen LogP contribution in [0.25, 0.3) is 10.1 Å². The first kappa shape index (κ1) is 16.4. The van der Waals surface area contributed by atoms with Gasteiger partial charge in [-0.15, -0.1) is 11.3 Å². The van der Waals surface area contributed by atoms with E-state index in [2.05, 4.69) is 0 Å². The molecule has 0 bridgehead atoms. The van der Waals surface area contributed by atoms with Gasteiger partial charge in [0, 0.05) is 35.3 Å². The van der Waals surface area contributed by atoms with E-state index in [1.54, 1.807) is 24.0 Å². The van der Waals surface area contributed by atoms with E-state index in [0.29, 0.717) is 23.4 Å². The molecule has 8 heteroatoms. The minimum Gasteiger partial charge on any atom is -0.448 e. The standard InChI is InChI=1S/C16H16N2O5S/c1-10(15(19)17-6-2-3-7-17)23-16(20)14-9-11-8-12(18(21)22)4-5-13(11)24-14/h4-5,8-10H,2-3,6-7H2,1H3/t10-/m1/s1. The number of nitro groups is 1. The van der Waals surface area contributed by atoms with Crippen molar-refractivity contribution in [2.24, 2.45) is 0 Å². The molecule has 0 saturated carbocycles. The average molecular weight is 348 g/mol. The topological polar surface area (TPSA) is 89.7 Å². The first-order valence-corrected chi connectivity index (χ1v) is 8.45. The molecule has 1 amide bonds. The Hall–Kier alpha value is -2.48. The van der Waals surface area contributed by atoms with Gasteiger partial charge in [-0.3, -0.25) is 14.9 Å². The molecule has 126 valence electrons. The summed E-state index contributed by atoms with van der Waals surface area (Å²) in [5.41, 5.74) is -0.0298. The predicted molar refractivity (Wildman–Crippen MR) is 89.2 cm³/mol. The van der Waals surface area contributed by atoms with Gasteiger partial charge in [-0.25, -0.2) is 4.79 Å². The van der Waals surface area contributed by atoms with Crippen molar-refractivity contribution in [1.29, 1.82) is 0 Å². The number of thiophene rings is 1. The van der Waals surface area contributed by atoms with Gasteiger partial charge in [-0.05, 0) is 31.9 Å². The van der Waals surface area contributed by atoms with Crippen LogP contribution in [0.2, 0.25) is 0 Å². The van der Waals surface area contributed by atoms with Crippen LogP contribution in [0, 0.1) is 10.1 Å². The predicted octanol–water partition coefficient (Wildman–Crippen LogP) is 2.98. The quantitative estimate of drug-likeness (QED) is 0.481. The maximum atomic E-state index is 12.2. The number of benzene rings is 1. The molecule has 0 radical (unpaired) electrons. The number of amides is 1. The molecule has 24 heavy (non-hydrogen) atoms. The molecule has 0 unspecified atom stereocenters. The minimum atomic E-state index is -0.838. The maximum absolute atomic E-state index is 12.2. The van der Waals surface area contributed by atoms with Gasteiger partial charge in [0.15, 0.2) is 6.10 Å². The second-order valence-electron chi connectivity index (χ2n) is 5.67. The summed E-state index contributed by atoms with van der Waals surface area (Å²) in [7, 11) is 0. The van der Waals surface area contributed by atoms with Gasteiger partial charge in [0.2, 0.25) is 0 Å². The van der Waals surface area contributed by atoms with Crippen LogP contribution in [0.3, 0.4) is 0 Å². The van der Waals surface area contributed by atoms with Crippen molar-refractivity contribution in [3.63, 3.8) is 0 Å². The van der Waals surface area contributed by atoms with Crippen LogP contribution < -0.4 is 0 Å². The molecule has 2 heterocycles. The largest absolute Gasteiger partial charge is 0.448 e. The zero-order valence-electron chi connectivity index (χ0n) is 13.1. The molecule has 1 aromatic heterocycles. The molecule has 7 nitrogen and oxygen atoms in total. The van der Waals surface area contributed by atoms with Gasteiger partial charge in [0.05, 0.1) is 4.92 Å². The number of esters is 1. The lowest BCUT2D eigenvalue weighted by Gasteiger charge is -2.20. The number of likely N-dealkylation sites (tertiary alicyclic amines) is 1. The highest BCUT2D eigenvalue weighted by molar-refractivity contribution is 7.20. The fourth-order valence-electron chi connectivity index (χ4n) is 2.71. The number of carbonyl (C=O) groups excluding carboxylic acids is 2. The summed E-state index contributed by atoms with van der Waals surface area (Å²) >= 11 is 1.19. The molecule has 1 saturated heterocycles. The molecule has 0 aliphatic carbocycles. The summed E-state index contributed by atoms with van der Waals surface area (Å²) < 4.78 is 6.02. The van der Waals surface area contributed by atoms with Crippen LogP contribution in [0.15, 0.2) is 24.3 Å². The number of nitro benzene ring substituents is 1. The number of ether oxygens (including phenoxy) is 1. The summed E-state index contributed by atoms with van der Waals surface area (Å²) in [6.45, 7) is 2.97. The molecular formula is C16H16N2O5S. The van der Waals surface area contributed by atoms with Gasteiger partial charge in [0.1, 0.15) is 4.88 Å². The first-order chi connectivity index (χ1) is 11.5. The Morgan fingerprint density at radius 2 is 2.00 bits per heavy atom. The van der Waals surface area contributed by atoms with Crippen molar-refractivity contribution in [3.8, 4) is 0 Å². The second kappa shape index (κ2) is 6.56. The highest BCUT2D eigenvalue weighted by atomic mass is 32.1. The summed E-state index contributed by atoms with van der Waals surface area (Å²) in [5.74, 6) is -0.767. The number of non-ortho nitro benzene ring substituents is 1. The van der Waals surface area contributed by atoms with Crippen molar-refractivity contribution in [2.75, 3.05) is 13.1 Å². The Balaban J connectivity index is 1.73. The summed E-state index contributed by atoms with van der Waals surface area (Å²) in [6.07, 6.45) is 1.11. The van der Waals surface area contributed by atoms with Crippen molar-refractivity contribution < 1.29 is 19.2 Å². The van der Waals surface area contributed by atoms with Crippen molar-refractivity contribution >= 4 is 39.0 Å². The van der Waals surface area contributed by atoms with Gasteiger partial charge in [-0.2, -0.15) is 0 Å². The lowest BCUT2D eigenvalue weighted by Crippen LogP contribution is -2.38. The Kier molecular flexibility index (Phi) is 4.48. The Morgan fingerprint density at radius 1 is 1.29 bits per heavy atom. The monoisotopic (exact) mass is 348 g/mol. The second-order valence-corrected chi connectivity index (χ2v) is 6.75. The fraction of sp³-hybridized carbons (Fsp3) is 0.375. The number of rotatable bonds is 4. The van der Waals surface area contributed by atoms with Gasteiger partial charge in [0.25, 0.3) is 11.6 Å². The van der Waals surface area contributed by atoms with Gasteiger partial charge in [-0.1, -0.05) is 0 Å². The molecule has 2 aromatic rings. The zero-order chi connectivity index (χ0) is 17.3. The molecule has 1 atom stereocenters. The Morgan fingerprint density at radius 3 is 2.67 bits per heavy atom. The van der Waals surface area contributed by atoms with E-state index >= 15 is 0 Å². The number of nitrogens with zero attached hydrogens (tertiary/aromatic N) is 2. The van der Waals surface area contributed by atoms with E-state index in [-0.39, 0.29) is 11.6 Å². The first-order valence-electron chi connectivity index (χ1n) is 7.63. The molecular weight excluding hydrogens is 332 g/mol. The summed E-state index contributed by atoms with van der Waals surface area (Å²) in [4.78, 5) is 36.8. The minimum absolute atomic E-state index is 0.0298. The van der Waals surface area contributed by atoms with Crippen LogP contribution in [0.5, 0.6) is 0 Å². The molecule has 1 aliphatic rings. The number of fused-ring (bicyclic) bond motifs is 1. The van der Waals surface area contributed by atoms with Gasteiger partial charge >= 0.3 is 5.97 Å². The van der Waals surface area contributed by atoms with E-state index in [1.807, 2.05) is 0 Å². The fourth-order valence-corrected chi connectivity index (χ4v) is 3.63. The summed E-state index contributed by atoms with van der Waals surface area (Å²) in [6, 6.07) is 5.98. The Labute approximate surface area is 142 Å². The molecule has 1 aromatic carbocycles. The van der Waals surface area contributed by atoms with Gasteiger partial charge < -0.3 is 9.64 Å². The van der Waals surface area contributed by atoms with Crippen LogP contribution in [0.4, 0.5) is 5.69 Å². The lowest BCUT2D eigenvalue weighted by molar-refractivity contribution is -0.384. The normalized spacial score (nSPS) is 15.5. The highest BCUT2D eigenvalue weighted by Gasteiger charge is 2.27. The number of hydrogen-bond donors (Lipinski definition) is 0. The van der Waals surface area contributed by atoms with Crippen LogP contribution in [-0.4, -0.2) is 40.9 Å². The SMILES string of the molecule is C[C@@H](OC(=O)c1cc2cc([N+](=O)[O-])ccc2s1)C(=O)N1CCCC1. The molecule has 1 fully saturated rings. The van der Waals surface area contributed by atoms with Crippen molar-refractivity contribution in [2.45, 2.75) is 25.9 Å². The third-order valence-corrected chi connectivity index (χ3v) is 5.06. The highest BCUT2D eigenvalue weighted by Crippen LogP contribution is 2.29. The molecule has 1 aliphatic heterocycles. The van der Waals surface area contributed by atoms with E-state index in [9.17, 15) is 19.7 Å². The van der Waals surface area contributed by atoms with Crippen LogP contribution in [-0.2, 0) is 9.53 Å². The number of carbonyl (C=O) groups is 2. The summed E-state index contributed by atoms with van der Waals surface area (Å²) in [5, 5.41) is 11.4. The zero-order valence-corrected chi connectivity index (χ0v) is 13.9. The molecule has 0 spiro atoms.